The van der Waals surface area contributed by atoms with Gasteiger partial charge in [-0.2, -0.15) is 0 Å². The third-order valence-corrected chi connectivity index (χ3v) is 8.01. The first kappa shape index (κ1) is 23.9. The zero-order valence-corrected chi connectivity index (χ0v) is 21.0. The summed E-state index contributed by atoms with van der Waals surface area (Å²) in [5, 5.41) is 3.11. The predicted molar refractivity (Wildman–Crippen MR) is 137 cm³/mol. The van der Waals surface area contributed by atoms with Gasteiger partial charge in [0.15, 0.2) is 0 Å². The van der Waals surface area contributed by atoms with Crippen molar-refractivity contribution in [2.24, 2.45) is 5.92 Å². The van der Waals surface area contributed by atoms with E-state index in [-0.39, 0.29) is 29.9 Å². The second-order valence-corrected chi connectivity index (χ2v) is 10.5. The summed E-state index contributed by atoms with van der Waals surface area (Å²) in [5.74, 6) is 1.19. The SMILES string of the molecule is COC1CCCC(C(=O)N2CCC3(CC2)C(=O)Nc2ccc(-c4ccc(OC(C)C)cc4)cc23)C1. The number of benzene rings is 2. The second-order valence-electron chi connectivity index (χ2n) is 10.5. The summed E-state index contributed by atoms with van der Waals surface area (Å²) in [7, 11) is 1.74. The van der Waals surface area contributed by atoms with E-state index in [4.69, 9.17) is 9.47 Å². The lowest BCUT2D eigenvalue weighted by Crippen LogP contribution is -2.50. The lowest BCUT2D eigenvalue weighted by Gasteiger charge is -2.40. The molecule has 2 aromatic rings. The maximum Gasteiger partial charge on any atom is 0.235 e. The van der Waals surface area contributed by atoms with Crippen LogP contribution >= 0.6 is 0 Å². The molecule has 1 saturated heterocycles. The molecule has 1 N–H and O–H groups in total. The standard InChI is InChI=1S/C29H36N2O4/c1-19(2)35-23-10-7-20(8-11-23)21-9-12-26-25(18-21)29(28(33)30-26)13-15-31(16-14-29)27(32)22-5-4-6-24(17-22)34-3/h7-12,18-19,22,24H,4-6,13-17H2,1-3H3,(H,30,33). The minimum atomic E-state index is -0.565. The van der Waals surface area contributed by atoms with Gasteiger partial charge in [-0.05, 0) is 86.9 Å². The molecule has 2 atom stereocenters. The Labute approximate surface area is 208 Å². The Hall–Kier alpha value is -2.86. The molecular weight excluding hydrogens is 440 g/mol. The molecule has 0 bridgehead atoms. The van der Waals surface area contributed by atoms with Gasteiger partial charge in [0.1, 0.15) is 5.75 Å². The van der Waals surface area contributed by atoms with Gasteiger partial charge in [0, 0.05) is 31.8 Å². The van der Waals surface area contributed by atoms with Gasteiger partial charge in [-0.25, -0.2) is 0 Å². The van der Waals surface area contributed by atoms with Crippen molar-refractivity contribution in [1.82, 2.24) is 4.90 Å². The quantitative estimate of drug-likeness (QED) is 0.647. The molecule has 186 valence electrons. The van der Waals surface area contributed by atoms with Gasteiger partial charge < -0.3 is 19.7 Å². The number of hydrogen-bond acceptors (Lipinski definition) is 4. The minimum absolute atomic E-state index is 0.0432. The number of hydrogen-bond donors (Lipinski definition) is 1. The zero-order chi connectivity index (χ0) is 24.6. The number of nitrogens with one attached hydrogen (secondary N) is 1. The van der Waals surface area contributed by atoms with Crippen molar-refractivity contribution >= 4 is 17.5 Å². The van der Waals surface area contributed by atoms with E-state index in [0.29, 0.717) is 25.9 Å². The fourth-order valence-corrected chi connectivity index (χ4v) is 6.04. The maximum absolute atomic E-state index is 13.2. The monoisotopic (exact) mass is 476 g/mol. The van der Waals surface area contributed by atoms with Crippen LogP contribution < -0.4 is 10.1 Å². The van der Waals surface area contributed by atoms with Gasteiger partial charge >= 0.3 is 0 Å². The van der Waals surface area contributed by atoms with Crippen LogP contribution in [0.1, 0.15) is 57.9 Å². The van der Waals surface area contributed by atoms with Crippen LogP contribution in [0.2, 0.25) is 0 Å². The summed E-state index contributed by atoms with van der Waals surface area (Å²) in [6.07, 6.45) is 5.45. The Morgan fingerprint density at radius 3 is 2.46 bits per heavy atom. The largest absolute Gasteiger partial charge is 0.491 e. The number of carbonyl (C=O) groups is 2. The number of rotatable bonds is 5. The Balaban J connectivity index is 1.32. The van der Waals surface area contributed by atoms with Gasteiger partial charge in [0.25, 0.3) is 0 Å². The first-order valence-electron chi connectivity index (χ1n) is 12.9. The summed E-state index contributed by atoms with van der Waals surface area (Å²) >= 11 is 0. The van der Waals surface area contributed by atoms with Gasteiger partial charge in [-0.15, -0.1) is 0 Å². The van der Waals surface area contributed by atoms with Crippen LogP contribution in [0.25, 0.3) is 11.1 Å². The van der Waals surface area contributed by atoms with E-state index in [2.05, 4.69) is 29.6 Å². The van der Waals surface area contributed by atoms with Crippen LogP contribution in [0.5, 0.6) is 5.75 Å². The van der Waals surface area contributed by atoms with Gasteiger partial charge in [-0.3, -0.25) is 9.59 Å². The smallest absolute Gasteiger partial charge is 0.235 e. The number of amides is 2. The molecule has 0 radical (unpaired) electrons. The highest BCUT2D eigenvalue weighted by Crippen LogP contribution is 2.46. The first-order valence-corrected chi connectivity index (χ1v) is 12.9. The molecule has 2 aromatic carbocycles. The number of methoxy groups -OCH3 is 1. The molecule has 3 aliphatic rings. The normalized spacial score (nSPS) is 23.3. The molecule has 1 aliphatic carbocycles. The number of fused-ring (bicyclic) bond motifs is 2. The van der Waals surface area contributed by atoms with E-state index in [1.54, 1.807) is 7.11 Å². The topological polar surface area (TPSA) is 67.9 Å². The van der Waals surface area contributed by atoms with E-state index in [1.807, 2.05) is 36.9 Å². The average molecular weight is 477 g/mol. The highest BCUT2D eigenvalue weighted by Gasteiger charge is 2.49. The molecule has 2 aliphatic heterocycles. The van der Waals surface area contributed by atoms with E-state index in [1.165, 1.54) is 0 Å². The van der Waals surface area contributed by atoms with Crippen LogP contribution in [0.4, 0.5) is 5.69 Å². The number of anilines is 1. The van der Waals surface area contributed by atoms with Crippen LogP contribution in [-0.4, -0.2) is 49.1 Å². The van der Waals surface area contributed by atoms with Crippen molar-refractivity contribution in [3.05, 3.63) is 48.0 Å². The van der Waals surface area contributed by atoms with E-state index in [9.17, 15) is 9.59 Å². The van der Waals surface area contributed by atoms with Crippen LogP contribution in [0, 0.1) is 5.92 Å². The fourth-order valence-electron chi connectivity index (χ4n) is 6.04. The lowest BCUT2D eigenvalue weighted by atomic mass is 9.73. The maximum atomic E-state index is 13.2. The molecule has 2 heterocycles. The third kappa shape index (κ3) is 4.56. The van der Waals surface area contributed by atoms with Crippen molar-refractivity contribution in [3.63, 3.8) is 0 Å². The summed E-state index contributed by atoms with van der Waals surface area (Å²) in [5.41, 5.74) is 3.57. The third-order valence-electron chi connectivity index (χ3n) is 8.01. The molecule has 6 nitrogen and oxygen atoms in total. The number of ether oxygens (including phenoxy) is 2. The first-order chi connectivity index (χ1) is 16.9. The Morgan fingerprint density at radius 2 is 1.77 bits per heavy atom. The molecule has 0 aromatic heterocycles. The van der Waals surface area contributed by atoms with Gasteiger partial charge in [0.05, 0.1) is 17.6 Å². The number of likely N-dealkylation sites (tertiary alicyclic amines) is 1. The fraction of sp³-hybridized carbons (Fsp3) is 0.517. The summed E-state index contributed by atoms with van der Waals surface area (Å²) < 4.78 is 11.3. The van der Waals surface area contributed by atoms with Crippen molar-refractivity contribution < 1.29 is 19.1 Å². The predicted octanol–water partition coefficient (Wildman–Crippen LogP) is 5.16. The zero-order valence-electron chi connectivity index (χ0n) is 21.0. The Morgan fingerprint density at radius 1 is 1.06 bits per heavy atom. The van der Waals surface area contributed by atoms with Crippen molar-refractivity contribution in [2.45, 2.75) is 70.0 Å². The average Bonchev–Trinajstić information content (AvgIpc) is 3.14. The van der Waals surface area contributed by atoms with E-state index >= 15 is 0 Å². The summed E-state index contributed by atoms with van der Waals surface area (Å²) in [4.78, 5) is 28.4. The number of carbonyl (C=O) groups excluding carboxylic acids is 2. The Kier molecular flexibility index (Phi) is 6.58. The van der Waals surface area contributed by atoms with Crippen LogP contribution in [0.15, 0.2) is 42.5 Å². The highest BCUT2D eigenvalue weighted by molar-refractivity contribution is 6.07. The summed E-state index contributed by atoms with van der Waals surface area (Å²) in [6, 6.07) is 14.3. The highest BCUT2D eigenvalue weighted by atomic mass is 16.5. The number of piperidine rings is 1. The lowest BCUT2D eigenvalue weighted by molar-refractivity contribution is -0.141. The van der Waals surface area contributed by atoms with Gasteiger partial charge in [-0.1, -0.05) is 24.6 Å². The van der Waals surface area contributed by atoms with E-state index in [0.717, 1.165) is 53.8 Å². The summed E-state index contributed by atoms with van der Waals surface area (Å²) in [6.45, 7) is 5.26. The van der Waals surface area contributed by atoms with Crippen molar-refractivity contribution in [3.8, 4) is 16.9 Å². The van der Waals surface area contributed by atoms with Gasteiger partial charge in [0.2, 0.25) is 11.8 Å². The molecule has 1 spiro atoms. The number of nitrogens with zero attached hydrogens (tertiary/aromatic N) is 1. The molecule has 1 saturated carbocycles. The Bertz CT molecular complexity index is 1090. The molecule has 2 unspecified atom stereocenters. The van der Waals surface area contributed by atoms with Crippen LogP contribution in [-0.2, 0) is 19.7 Å². The molecule has 35 heavy (non-hydrogen) atoms. The second kappa shape index (κ2) is 9.65. The van der Waals surface area contributed by atoms with Crippen molar-refractivity contribution in [2.75, 3.05) is 25.5 Å². The van der Waals surface area contributed by atoms with Crippen molar-refractivity contribution in [1.29, 1.82) is 0 Å². The van der Waals surface area contributed by atoms with Crippen LogP contribution in [0.3, 0.4) is 0 Å². The molecule has 2 amide bonds. The molecule has 2 fully saturated rings. The molecule has 6 heteroatoms. The molecule has 5 rings (SSSR count). The molecular formula is C29H36N2O4. The van der Waals surface area contributed by atoms with E-state index < -0.39 is 5.41 Å². The minimum Gasteiger partial charge on any atom is -0.491 e.